The molecule has 0 radical (unpaired) electrons. The van der Waals surface area contributed by atoms with Crippen molar-refractivity contribution in [3.63, 3.8) is 0 Å². The van der Waals surface area contributed by atoms with Crippen LogP contribution in [0.4, 0.5) is 0 Å². The van der Waals surface area contributed by atoms with Gasteiger partial charge in [0, 0.05) is 11.0 Å². The summed E-state index contributed by atoms with van der Waals surface area (Å²) in [5.41, 5.74) is 1.05. The molecule has 2 nitrogen and oxygen atoms in total. The lowest BCUT2D eigenvalue weighted by molar-refractivity contribution is -0.0715. The average molecular weight is 332 g/mol. The Labute approximate surface area is 110 Å². The minimum absolute atomic E-state index is 0.194. The Morgan fingerprint density at radius 2 is 2.19 bits per heavy atom. The zero-order valence-electron chi connectivity index (χ0n) is 9.49. The van der Waals surface area contributed by atoms with Crippen molar-refractivity contribution in [3.05, 3.63) is 35.9 Å². The zero-order valence-corrected chi connectivity index (χ0v) is 11.6. The standard InChI is InChI=1S/C13H17IO2/c1-13(10-14,11-5-3-2-4-6-11)16-12-7-8-15-9-12/h2-6,12H,7-10H2,1H3. The Bertz CT molecular complexity index is 322. The van der Waals surface area contributed by atoms with Crippen molar-refractivity contribution < 1.29 is 9.47 Å². The maximum absolute atomic E-state index is 6.20. The largest absolute Gasteiger partial charge is 0.379 e. The average Bonchev–Trinajstić information content (AvgIpc) is 2.83. The highest BCUT2D eigenvalue weighted by atomic mass is 127. The first-order valence-electron chi connectivity index (χ1n) is 5.62. The van der Waals surface area contributed by atoms with Gasteiger partial charge in [-0.1, -0.05) is 52.9 Å². The summed E-state index contributed by atoms with van der Waals surface area (Å²) in [4.78, 5) is 0. The fraction of sp³-hybridized carbons (Fsp3) is 0.538. The number of halogens is 1. The van der Waals surface area contributed by atoms with Gasteiger partial charge in [0.1, 0.15) is 0 Å². The minimum atomic E-state index is -0.194. The van der Waals surface area contributed by atoms with Gasteiger partial charge < -0.3 is 9.47 Å². The molecule has 0 N–H and O–H groups in total. The molecule has 1 aliphatic rings. The topological polar surface area (TPSA) is 18.5 Å². The first kappa shape index (κ1) is 12.3. The lowest BCUT2D eigenvalue weighted by Gasteiger charge is -2.31. The van der Waals surface area contributed by atoms with Crippen molar-refractivity contribution in [2.45, 2.75) is 25.0 Å². The Morgan fingerprint density at radius 3 is 2.75 bits per heavy atom. The van der Waals surface area contributed by atoms with Crippen molar-refractivity contribution in [2.75, 3.05) is 17.6 Å². The molecule has 1 saturated heterocycles. The van der Waals surface area contributed by atoms with E-state index in [1.807, 2.05) is 6.07 Å². The van der Waals surface area contributed by atoms with Gasteiger partial charge in [-0.25, -0.2) is 0 Å². The van der Waals surface area contributed by atoms with Crippen molar-refractivity contribution >= 4 is 22.6 Å². The summed E-state index contributed by atoms with van der Waals surface area (Å²) in [6.07, 6.45) is 1.26. The zero-order chi connectivity index (χ0) is 11.4. The fourth-order valence-electron chi connectivity index (χ4n) is 1.94. The summed E-state index contributed by atoms with van der Waals surface area (Å²) in [5, 5.41) is 0. The molecule has 16 heavy (non-hydrogen) atoms. The Hall–Kier alpha value is -0.130. The number of ether oxygens (including phenoxy) is 2. The van der Waals surface area contributed by atoms with Gasteiger partial charge >= 0.3 is 0 Å². The first-order valence-corrected chi connectivity index (χ1v) is 7.14. The Balaban J connectivity index is 2.12. The van der Waals surface area contributed by atoms with E-state index in [1.165, 1.54) is 5.56 Å². The van der Waals surface area contributed by atoms with Gasteiger partial charge in [-0.3, -0.25) is 0 Å². The highest BCUT2D eigenvalue weighted by Crippen LogP contribution is 2.30. The summed E-state index contributed by atoms with van der Waals surface area (Å²) in [6.45, 7) is 3.73. The van der Waals surface area contributed by atoms with Crippen LogP contribution in [0.15, 0.2) is 30.3 Å². The van der Waals surface area contributed by atoms with Crippen LogP contribution in [0.1, 0.15) is 18.9 Å². The predicted molar refractivity (Wildman–Crippen MR) is 73.0 cm³/mol. The van der Waals surface area contributed by atoms with Crippen molar-refractivity contribution in [2.24, 2.45) is 0 Å². The second kappa shape index (κ2) is 5.47. The molecule has 3 heteroatoms. The number of hydrogen-bond acceptors (Lipinski definition) is 2. The summed E-state index contributed by atoms with van der Waals surface area (Å²) in [5.74, 6) is 0. The molecule has 0 bridgehead atoms. The van der Waals surface area contributed by atoms with Crippen LogP contribution in [0, 0.1) is 0 Å². The van der Waals surface area contributed by atoms with E-state index in [-0.39, 0.29) is 11.7 Å². The molecule has 1 aliphatic heterocycles. The van der Waals surface area contributed by atoms with Crippen LogP contribution in [0.3, 0.4) is 0 Å². The summed E-state index contributed by atoms with van der Waals surface area (Å²) in [7, 11) is 0. The van der Waals surface area contributed by atoms with Gasteiger partial charge in [0.25, 0.3) is 0 Å². The molecule has 2 atom stereocenters. The van der Waals surface area contributed by atoms with E-state index in [4.69, 9.17) is 9.47 Å². The van der Waals surface area contributed by atoms with E-state index < -0.39 is 0 Å². The van der Waals surface area contributed by atoms with Crippen molar-refractivity contribution in [1.82, 2.24) is 0 Å². The second-order valence-electron chi connectivity index (χ2n) is 4.33. The molecule has 0 spiro atoms. The second-order valence-corrected chi connectivity index (χ2v) is 5.10. The molecular weight excluding hydrogens is 315 g/mol. The lowest BCUT2D eigenvalue weighted by atomic mass is 9.98. The van der Waals surface area contributed by atoms with Crippen LogP contribution in [-0.2, 0) is 15.1 Å². The van der Waals surface area contributed by atoms with Crippen molar-refractivity contribution in [1.29, 1.82) is 0 Å². The number of alkyl halides is 1. The van der Waals surface area contributed by atoms with Crippen LogP contribution < -0.4 is 0 Å². The van der Waals surface area contributed by atoms with Crippen LogP contribution >= 0.6 is 22.6 Å². The molecule has 1 aromatic rings. The van der Waals surface area contributed by atoms with E-state index in [2.05, 4.69) is 53.8 Å². The van der Waals surface area contributed by atoms with Crippen molar-refractivity contribution in [3.8, 4) is 0 Å². The van der Waals surface area contributed by atoms with Crippen LogP contribution in [0.2, 0.25) is 0 Å². The third-order valence-corrected chi connectivity index (χ3v) is 4.41. The SMILES string of the molecule is CC(CI)(OC1CCOC1)c1ccccc1. The molecule has 0 aliphatic carbocycles. The minimum Gasteiger partial charge on any atom is -0.379 e. The molecule has 2 rings (SSSR count). The van der Waals surface area contributed by atoms with Gasteiger partial charge in [-0.05, 0) is 18.9 Å². The van der Waals surface area contributed by atoms with Gasteiger partial charge in [-0.2, -0.15) is 0 Å². The molecular formula is C13H17IO2. The molecule has 0 aromatic heterocycles. The van der Waals surface area contributed by atoms with Crippen LogP contribution in [-0.4, -0.2) is 23.7 Å². The van der Waals surface area contributed by atoms with E-state index in [1.54, 1.807) is 0 Å². The molecule has 88 valence electrons. The van der Waals surface area contributed by atoms with E-state index >= 15 is 0 Å². The molecule has 0 saturated carbocycles. The van der Waals surface area contributed by atoms with Crippen LogP contribution in [0.25, 0.3) is 0 Å². The summed E-state index contributed by atoms with van der Waals surface area (Å²) >= 11 is 2.39. The molecule has 2 unspecified atom stereocenters. The van der Waals surface area contributed by atoms with Crippen LogP contribution in [0.5, 0.6) is 0 Å². The van der Waals surface area contributed by atoms with E-state index in [0.717, 1.165) is 24.1 Å². The predicted octanol–water partition coefficient (Wildman–Crippen LogP) is 3.14. The number of rotatable bonds is 4. The third-order valence-electron chi connectivity index (χ3n) is 2.95. The summed E-state index contributed by atoms with van der Waals surface area (Å²) < 4.78 is 12.5. The normalized spacial score (nSPS) is 24.2. The van der Waals surface area contributed by atoms with E-state index in [0.29, 0.717) is 0 Å². The Morgan fingerprint density at radius 1 is 1.44 bits per heavy atom. The van der Waals surface area contributed by atoms with Gasteiger partial charge in [0.15, 0.2) is 0 Å². The lowest BCUT2D eigenvalue weighted by Crippen LogP contribution is -2.33. The quantitative estimate of drug-likeness (QED) is 0.623. The maximum atomic E-state index is 6.20. The summed E-state index contributed by atoms with van der Waals surface area (Å²) in [6, 6.07) is 10.4. The fourth-order valence-corrected chi connectivity index (χ4v) is 2.56. The van der Waals surface area contributed by atoms with Gasteiger partial charge in [-0.15, -0.1) is 0 Å². The molecule has 0 amide bonds. The van der Waals surface area contributed by atoms with E-state index in [9.17, 15) is 0 Å². The maximum Gasteiger partial charge on any atom is 0.0997 e. The molecule has 1 fully saturated rings. The highest BCUT2D eigenvalue weighted by molar-refractivity contribution is 14.1. The highest BCUT2D eigenvalue weighted by Gasteiger charge is 2.31. The monoisotopic (exact) mass is 332 g/mol. The third kappa shape index (κ3) is 2.76. The molecule has 1 heterocycles. The number of hydrogen-bond donors (Lipinski definition) is 0. The smallest absolute Gasteiger partial charge is 0.0997 e. The number of benzene rings is 1. The molecule has 1 aromatic carbocycles. The Kier molecular flexibility index (Phi) is 4.21. The van der Waals surface area contributed by atoms with Gasteiger partial charge in [0.05, 0.1) is 18.3 Å². The first-order chi connectivity index (χ1) is 7.74. The van der Waals surface area contributed by atoms with Gasteiger partial charge in [0.2, 0.25) is 0 Å².